The maximum Gasteiger partial charge on any atom is 0.407 e. The largest absolute Gasteiger partial charge is 0.453 e. The monoisotopic (exact) mass is 283 g/mol. The van der Waals surface area contributed by atoms with Gasteiger partial charge < -0.3 is 15.4 Å². The molecule has 2 aliphatic rings. The number of alkyl carbamates (subject to hydrolysis) is 1. The van der Waals surface area contributed by atoms with E-state index in [1.807, 2.05) is 0 Å². The van der Waals surface area contributed by atoms with Crippen LogP contribution in [0.15, 0.2) is 0 Å². The summed E-state index contributed by atoms with van der Waals surface area (Å²) < 4.78 is 4.67. The lowest BCUT2D eigenvalue weighted by molar-refractivity contribution is 0.158. The van der Waals surface area contributed by atoms with Crippen LogP contribution in [-0.4, -0.2) is 55.9 Å². The third-order valence-corrected chi connectivity index (χ3v) is 4.62. The van der Waals surface area contributed by atoms with Gasteiger partial charge in [-0.15, -0.1) is 0 Å². The molecule has 1 heterocycles. The highest BCUT2D eigenvalue weighted by Gasteiger charge is 2.31. The number of methoxy groups -OCH3 is 1. The van der Waals surface area contributed by atoms with Crippen molar-refractivity contribution < 1.29 is 9.53 Å². The van der Waals surface area contributed by atoms with Crippen molar-refractivity contribution in [2.45, 2.75) is 63.6 Å². The molecule has 1 unspecified atom stereocenters. The van der Waals surface area contributed by atoms with Gasteiger partial charge in [0.2, 0.25) is 0 Å². The summed E-state index contributed by atoms with van der Waals surface area (Å²) in [7, 11) is 1.42. The van der Waals surface area contributed by atoms with E-state index in [-0.39, 0.29) is 12.1 Å². The lowest BCUT2D eigenvalue weighted by Crippen LogP contribution is -2.43. The average molecular weight is 283 g/mol. The van der Waals surface area contributed by atoms with E-state index in [2.05, 4.69) is 27.2 Å². The van der Waals surface area contributed by atoms with Gasteiger partial charge in [0.05, 0.1) is 7.11 Å². The number of amides is 1. The molecule has 0 aromatic carbocycles. The molecule has 1 saturated carbocycles. The smallest absolute Gasteiger partial charge is 0.407 e. The summed E-state index contributed by atoms with van der Waals surface area (Å²) in [6.45, 7) is 5.45. The molecule has 1 atom stereocenters. The van der Waals surface area contributed by atoms with Gasteiger partial charge >= 0.3 is 6.09 Å². The van der Waals surface area contributed by atoms with E-state index in [1.165, 1.54) is 39.2 Å². The van der Waals surface area contributed by atoms with Gasteiger partial charge in [-0.25, -0.2) is 4.79 Å². The van der Waals surface area contributed by atoms with Crippen molar-refractivity contribution in [1.29, 1.82) is 0 Å². The number of ether oxygens (including phenoxy) is 1. The van der Waals surface area contributed by atoms with Crippen molar-refractivity contribution in [2.24, 2.45) is 0 Å². The second kappa shape index (κ2) is 7.84. The molecule has 1 aliphatic heterocycles. The topological polar surface area (TPSA) is 53.6 Å². The molecule has 0 radical (unpaired) electrons. The fraction of sp³-hybridized carbons (Fsp3) is 0.933. The van der Waals surface area contributed by atoms with Crippen LogP contribution in [0, 0.1) is 0 Å². The maximum atomic E-state index is 11.2. The summed E-state index contributed by atoms with van der Waals surface area (Å²) in [4.78, 5) is 13.8. The zero-order valence-corrected chi connectivity index (χ0v) is 12.9. The van der Waals surface area contributed by atoms with Gasteiger partial charge in [0.25, 0.3) is 0 Å². The molecule has 0 bridgehead atoms. The highest BCUT2D eigenvalue weighted by Crippen LogP contribution is 2.26. The average Bonchev–Trinajstić information content (AvgIpc) is 2.94. The Balaban J connectivity index is 1.68. The Hall–Kier alpha value is -0.810. The summed E-state index contributed by atoms with van der Waals surface area (Å²) >= 11 is 0. The maximum absolute atomic E-state index is 11.2. The summed E-state index contributed by atoms with van der Waals surface area (Å²) in [6, 6.07) is 1.69. The van der Waals surface area contributed by atoms with Crippen LogP contribution in [0.4, 0.5) is 4.79 Å². The van der Waals surface area contributed by atoms with Crippen molar-refractivity contribution in [1.82, 2.24) is 15.5 Å². The van der Waals surface area contributed by atoms with Crippen LogP contribution in [-0.2, 0) is 4.74 Å². The number of likely N-dealkylation sites (tertiary alicyclic amines) is 1. The van der Waals surface area contributed by atoms with Crippen LogP contribution in [0.5, 0.6) is 0 Å². The molecular weight excluding hydrogens is 254 g/mol. The molecule has 2 fully saturated rings. The van der Waals surface area contributed by atoms with Crippen LogP contribution in [0.3, 0.4) is 0 Å². The first-order valence-electron chi connectivity index (χ1n) is 8.04. The number of hydrogen-bond donors (Lipinski definition) is 2. The highest BCUT2D eigenvalue weighted by atomic mass is 16.5. The zero-order valence-electron chi connectivity index (χ0n) is 12.9. The number of rotatable bonds is 5. The summed E-state index contributed by atoms with van der Waals surface area (Å²) in [5.41, 5.74) is 0. The van der Waals surface area contributed by atoms with Gasteiger partial charge in [-0.3, -0.25) is 4.90 Å². The van der Waals surface area contributed by atoms with Crippen molar-refractivity contribution in [3.8, 4) is 0 Å². The Kier molecular flexibility index (Phi) is 6.10. The van der Waals surface area contributed by atoms with E-state index in [4.69, 9.17) is 0 Å². The molecule has 0 spiro atoms. The summed E-state index contributed by atoms with van der Waals surface area (Å²) in [5, 5.41) is 6.55. The highest BCUT2D eigenvalue weighted by molar-refractivity contribution is 5.67. The first-order chi connectivity index (χ1) is 9.72. The van der Waals surface area contributed by atoms with E-state index in [0.717, 1.165) is 32.1 Å². The first-order valence-corrected chi connectivity index (χ1v) is 8.04. The van der Waals surface area contributed by atoms with Gasteiger partial charge in [-0.05, 0) is 45.1 Å². The molecule has 20 heavy (non-hydrogen) atoms. The number of carbonyl (C=O) groups excluding carboxylic acids is 1. The minimum absolute atomic E-state index is 0.262. The lowest BCUT2D eigenvalue weighted by Gasteiger charge is -2.35. The number of nitrogens with one attached hydrogen (secondary N) is 2. The molecule has 2 rings (SSSR count). The second-order valence-corrected chi connectivity index (χ2v) is 6.08. The van der Waals surface area contributed by atoms with Crippen LogP contribution in [0.25, 0.3) is 0 Å². The molecule has 1 saturated heterocycles. The Labute approximate surface area is 122 Å². The van der Waals surface area contributed by atoms with E-state index >= 15 is 0 Å². The molecular formula is C15H29N3O2. The normalized spacial score (nSPS) is 31.2. The second-order valence-electron chi connectivity index (χ2n) is 6.08. The first kappa shape index (κ1) is 15.6. The van der Waals surface area contributed by atoms with Gasteiger partial charge in [0.15, 0.2) is 0 Å². The number of hydrogen-bond acceptors (Lipinski definition) is 4. The lowest BCUT2D eigenvalue weighted by atomic mass is 9.90. The van der Waals surface area contributed by atoms with Crippen molar-refractivity contribution in [3.05, 3.63) is 0 Å². The zero-order chi connectivity index (χ0) is 14.4. The van der Waals surface area contributed by atoms with Crippen molar-refractivity contribution in [2.75, 3.05) is 26.7 Å². The standard InChI is InChI=1S/C15H29N3O2/c1-3-9-16-12-4-6-14(7-5-12)18-10-8-13(11-18)17-15(19)20-2/h12-14,16H,3-11H2,1-2H3,(H,17,19). The molecule has 1 aliphatic carbocycles. The van der Waals surface area contributed by atoms with Crippen molar-refractivity contribution >= 4 is 6.09 Å². The van der Waals surface area contributed by atoms with Gasteiger partial charge in [0, 0.05) is 31.2 Å². The minimum Gasteiger partial charge on any atom is -0.453 e. The third kappa shape index (κ3) is 4.35. The van der Waals surface area contributed by atoms with Gasteiger partial charge in [0.1, 0.15) is 0 Å². The Morgan fingerprint density at radius 3 is 2.60 bits per heavy atom. The molecule has 2 N–H and O–H groups in total. The van der Waals surface area contributed by atoms with Crippen LogP contribution >= 0.6 is 0 Å². The predicted octanol–water partition coefficient (Wildman–Crippen LogP) is 1.73. The van der Waals surface area contributed by atoms with E-state index in [9.17, 15) is 4.79 Å². The summed E-state index contributed by atoms with van der Waals surface area (Å²) in [6.07, 6.45) is 7.10. The SMILES string of the molecule is CCCNC1CCC(N2CCC(NC(=O)OC)C2)CC1. The molecule has 1 amide bonds. The Morgan fingerprint density at radius 2 is 1.95 bits per heavy atom. The van der Waals surface area contributed by atoms with E-state index in [1.54, 1.807) is 0 Å². The molecule has 5 nitrogen and oxygen atoms in total. The van der Waals surface area contributed by atoms with Crippen molar-refractivity contribution in [3.63, 3.8) is 0 Å². The fourth-order valence-corrected chi connectivity index (χ4v) is 3.46. The van der Waals surface area contributed by atoms with Crippen LogP contribution in [0.1, 0.15) is 45.4 Å². The number of carbonyl (C=O) groups is 1. The fourth-order valence-electron chi connectivity index (χ4n) is 3.46. The quantitative estimate of drug-likeness (QED) is 0.807. The molecule has 0 aromatic heterocycles. The predicted molar refractivity (Wildman–Crippen MR) is 79.9 cm³/mol. The Morgan fingerprint density at radius 1 is 1.20 bits per heavy atom. The van der Waals surface area contributed by atoms with Gasteiger partial charge in [-0.2, -0.15) is 0 Å². The Bertz CT molecular complexity index is 303. The van der Waals surface area contributed by atoms with Crippen LogP contribution < -0.4 is 10.6 Å². The molecule has 5 heteroatoms. The van der Waals surface area contributed by atoms with E-state index in [0.29, 0.717) is 6.04 Å². The van der Waals surface area contributed by atoms with E-state index < -0.39 is 0 Å². The third-order valence-electron chi connectivity index (χ3n) is 4.62. The molecule has 0 aromatic rings. The van der Waals surface area contributed by atoms with Crippen LogP contribution in [0.2, 0.25) is 0 Å². The molecule has 116 valence electrons. The van der Waals surface area contributed by atoms with Gasteiger partial charge in [-0.1, -0.05) is 6.92 Å². The number of nitrogens with zero attached hydrogens (tertiary/aromatic N) is 1. The minimum atomic E-state index is -0.302. The summed E-state index contributed by atoms with van der Waals surface area (Å²) in [5.74, 6) is 0.